The van der Waals surface area contributed by atoms with Crippen molar-refractivity contribution < 1.29 is 14.3 Å². The van der Waals surface area contributed by atoms with Gasteiger partial charge in [-0.25, -0.2) is 0 Å². The third-order valence-electron chi connectivity index (χ3n) is 4.32. The van der Waals surface area contributed by atoms with Gasteiger partial charge >= 0.3 is 0 Å². The monoisotopic (exact) mass is 412 g/mol. The van der Waals surface area contributed by atoms with E-state index in [9.17, 15) is 4.79 Å². The number of hydrogen-bond donors (Lipinski definition) is 1. The predicted molar refractivity (Wildman–Crippen MR) is 104 cm³/mol. The van der Waals surface area contributed by atoms with Crippen molar-refractivity contribution in [2.75, 3.05) is 39.9 Å². The Morgan fingerprint density at radius 3 is 2.72 bits per heavy atom. The number of carbonyl (C=O) groups is 1. The van der Waals surface area contributed by atoms with Crippen LogP contribution in [0.4, 0.5) is 0 Å². The summed E-state index contributed by atoms with van der Waals surface area (Å²) in [7, 11) is 1.58. The van der Waals surface area contributed by atoms with Crippen molar-refractivity contribution in [2.45, 2.75) is 33.1 Å². The van der Waals surface area contributed by atoms with E-state index in [2.05, 4.69) is 33.1 Å². The smallest absolute Gasteiger partial charge is 0.251 e. The van der Waals surface area contributed by atoms with Crippen LogP contribution in [0.2, 0.25) is 0 Å². The molecule has 1 unspecified atom stereocenters. The van der Waals surface area contributed by atoms with E-state index in [1.165, 1.54) is 25.9 Å². The molecule has 0 bridgehead atoms. The number of nitrogens with zero attached hydrogens (tertiary/aromatic N) is 1. The zero-order valence-corrected chi connectivity index (χ0v) is 17.0. The summed E-state index contributed by atoms with van der Waals surface area (Å²) >= 11 is 3.48. The summed E-state index contributed by atoms with van der Waals surface area (Å²) in [6, 6.07) is 3.52. The predicted octanol–water partition coefficient (Wildman–Crippen LogP) is 3.71. The largest absolute Gasteiger partial charge is 0.493 e. The molecule has 1 aliphatic heterocycles. The van der Waals surface area contributed by atoms with Gasteiger partial charge in [0.25, 0.3) is 5.91 Å². The molecule has 1 N–H and O–H groups in total. The van der Waals surface area contributed by atoms with Crippen LogP contribution in [0.3, 0.4) is 0 Å². The highest BCUT2D eigenvalue weighted by Gasteiger charge is 2.18. The molecule has 2 rings (SSSR count). The van der Waals surface area contributed by atoms with E-state index in [4.69, 9.17) is 9.47 Å². The molecule has 1 amide bonds. The Bertz CT molecular complexity index is 574. The number of methoxy groups -OCH3 is 1. The SMILES string of the molecule is CCCOc1c(Br)cc(C(=O)NCC(C)CN2CCCC2)cc1OC. The number of carbonyl (C=O) groups excluding carboxylic acids is 1. The minimum absolute atomic E-state index is 0.0886. The van der Waals surface area contributed by atoms with Crippen LogP contribution in [0.25, 0.3) is 0 Å². The van der Waals surface area contributed by atoms with Gasteiger partial charge in [0.1, 0.15) is 0 Å². The van der Waals surface area contributed by atoms with Crippen LogP contribution in [-0.2, 0) is 0 Å². The maximum Gasteiger partial charge on any atom is 0.251 e. The Balaban J connectivity index is 1.94. The number of benzene rings is 1. The second kappa shape index (κ2) is 10.0. The molecule has 0 aromatic heterocycles. The summed E-state index contributed by atoms with van der Waals surface area (Å²) in [4.78, 5) is 15.0. The molecule has 25 heavy (non-hydrogen) atoms. The molecule has 1 aromatic rings. The van der Waals surface area contributed by atoms with Crippen LogP contribution < -0.4 is 14.8 Å². The fourth-order valence-corrected chi connectivity index (χ4v) is 3.59. The van der Waals surface area contributed by atoms with Gasteiger partial charge in [0, 0.05) is 18.7 Å². The van der Waals surface area contributed by atoms with Crippen LogP contribution in [-0.4, -0.2) is 50.7 Å². The van der Waals surface area contributed by atoms with Gasteiger partial charge in [0.15, 0.2) is 11.5 Å². The van der Waals surface area contributed by atoms with Crippen molar-refractivity contribution in [3.8, 4) is 11.5 Å². The Kier molecular flexibility index (Phi) is 8.03. The van der Waals surface area contributed by atoms with Gasteiger partial charge in [-0.15, -0.1) is 0 Å². The van der Waals surface area contributed by atoms with E-state index >= 15 is 0 Å². The van der Waals surface area contributed by atoms with Crippen LogP contribution in [0, 0.1) is 5.92 Å². The molecular weight excluding hydrogens is 384 g/mol. The highest BCUT2D eigenvalue weighted by Crippen LogP contribution is 2.36. The fraction of sp³-hybridized carbons (Fsp3) is 0.632. The van der Waals surface area contributed by atoms with Crippen molar-refractivity contribution in [1.29, 1.82) is 0 Å². The lowest BCUT2D eigenvalue weighted by atomic mass is 10.1. The standard InChI is InChI=1S/C19H29BrN2O3/c1-4-9-25-18-16(20)10-15(11-17(18)24-3)19(23)21-12-14(2)13-22-7-5-6-8-22/h10-11,14H,4-9,12-13H2,1-3H3,(H,21,23). The Morgan fingerprint density at radius 2 is 2.08 bits per heavy atom. The third-order valence-corrected chi connectivity index (χ3v) is 4.91. The summed E-state index contributed by atoms with van der Waals surface area (Å²) in [5, 5.41) is 3.03. The van der Waals surface area contributed by atoms with Crippen LogP contribution in [0.15, 0.2) is 16.6 Å². The Hall–Kier alpha value is -1.27. The lowest BCUT2D eigenvalue weighted by Crippen LogP contribution is -2.34. The molecule has 5 nitrogen and oxygen atoms in total. The minimum atomic E-state index is -0.0886. The number of ether oxygens (including phenoxy) is 2. The van der Waals surface area contributed by atoms with Gasteiger partial charge in [0.05, 0.1) is 18.2 Å². The fourth-order valence-electron chi connectivity index (χ4n) is 3.03. The van der Waals surface area contributed by atoms with E-state index < -0.39 is 0 Å². The second-order valence-corrected chi connectivity index (χ2v) is 7.52. The maximum absolute atomic E-state index is 12.5. The number of likely N-dealkylation sites (tertiary alicyclic amines) is 1. The highest BCUT2D eigenvalue weighted by atomic mass is 79.9. The molecule has 6 heteroatoms. The first-order valence-electron chi connectivity index (χ1n) is 9.06. The topological polar surface area (TPSA) is 50.8 Å². The second-order valence-electron chi connectivity index (χ2n) is 6.66. The van der Waals surface area contributed by atoms with Gasteiger partial charge in [-0.3, -0.25) is 4.79 Å². The van der Waals surface area contributed by atoms with E-state index in [0.29, 0.717) is 36.1 Å². The lowest BCUT2D eigenvalue weighted by Gasteiger charge is -2.20. The zero-order chi connectivity index (χ0) is 18.2. The number of halogens is 1. The average molecular weight is 413 g/mol. The molecule has 1 aromatic carbocycles. The summed E-state index contributed by atoms with van der Waals surface area (Å²) in [5.74, 6) is 1.55. The zero-order valence-electron chi connectivity index (χ0n) is 15.4. The van der Waals surface area contributed by atoms with E-state index in [1.807, 2.05) is 6.92 Å². The van der Waals surface area contributed by atoms with Crippen molar-refractivity contribution in [1.82, 2.24) is 10.2 Å². The molecule has 1 saturated heterocycles. The van der Waals surface area contributed by atoms with Crippen LogP contribution in [0.1, 0.15) is 43.5 Å². The first-order chi connectivity index (χ1) is 12.0. The quantitative estimate of drug-likeness (QED) is 0.671. The molecule has 0 aliphatic carbocycles. The van der Waals surface area contributed by atoms with Crippen molar-refractivity contribution in [3.63, 3.8) is 0 Å². The molecule has 1 atom stereocenters. The first kappa shape index (κ1) is 20.0. The van der Waals surface area contributed by atoms with E-state index in [0.717, 1.165) is 17.4 Å². The molecule has 1 aliphatic rings. The molecule has 0 spiro atoms. The molecule has 0 radical (unpaired) electrons. The van der Waals surface area contributed by atoms with Gasteiger partial charge in [-0.2, -0.15) is 0 Å². The molecule has 0 saturated carbocycles. The third kappa shape index (κ3) is 5.89. The van der Waals surface area contributed by atoms with Gasteiger partial charge in [-0.1, -0.05) is 13.8 Å². The lowest BCUT2D eigenvalue weighted by molar-refractivity contribution is 0.0944. The van der Waals surface area contributed by atoms with E-state index in [1.54, 1.807) is 19.2 Å². The number of amides is 1. The highest BCUT2D eigenvalue weighted by molar-refractivity contribution is 9.10. The first-order valence-corrected chi connectivity index (χ1v) is 9.85. The van der Waals surface area contributed by atoms with Crippen molar-refractivity contribution in [2.24, 2.45) is 5.92 Å². The maximum atomic E-state index is 12.5. The molecular formula is C19H29BrN2O3. The molecule has 140 valence electrons. The van der Waals surface area contributed by atoms with Gasteiger partial charge in [-0.05, 0) is 66.3 Å². The molecule has 1 heterocycles. The normalized spacial score (nSPS) is 15.8. The van der Waals surface area contributed by atoms with Gasteiger partial charge < -0.3 is 19.7 Å². The van der Waals surface area contributed by atoms with Crippen molar-refractivity contribution >= 4 is 21.8 Å². The van der Waals surface area contributed by atoms with Crippen LogP contribution >= 0.6 is 15.9 Å². The number of hydrogen-bond acceptors (Lipinski definition) is 4. The van der Waals surface area contributed by atoms with Crippen LogP contribution in [0.5, 0.6) is 11.5 Å². The van der Waals surface area contributed by atoms with Gasteiger partial charge in [0.2, 0.25) is 0 Å². The number of nitrogens with one attached hydrogen (secondary N) is 1. The minimum Gasteiger partial charge on any atom is -0.493 e. The number of rotatable bonds is 9. The van der Waals surface area contributed by atoms with E-state index in [-0.39, 0.29) is 5.91 Å². The summed E-state index contributed by atoms with van der Waals surface area (Å²) in [5.41, 5.74) is 0.570. The Labute approximate surface area is 159 Å². The summed E-state index contributed by atoms with van der Waals surface area (Å²) in [6.07, 6.45) is 3.49. The Morgan fingerprint density at radius 1 is 1.36 bits per heavy atom. The van der Waals surface area contributed by atoms with Crippen molar-refractivity contribution in [3.05, 3.63) is 22.2 Å². The summed E-state index contributed by atoms with van der Waals surface area (Å²) < 4.78 is 11.8. The summed E-state index contributed by atoms with van der Waals surface area (Å²) in [6.45, 7) is 8.90. The average Bonchev–Trinajstić information content (AvgIpc) is 3.10. The molecule has 1 fully saturated rings.